The van der Waals surface area contributed by atoms with Crippen molar-refractivity contribution in [1.82, 2.24) is 4.98 Å². The molecular formula is C13H16N2S. The first-order valence-corrected chi connectivity index (χ1v) is 6.33. The Kier molecular flexibility index (Phi) is 3.57. The second-order valence-electron chi connectivity index (χ2n) is 3.77. The highest BCUT2D eigenvalue weighted by atomic mass is 32.1. The van der Waals surface area contributed by atoms with Crippen molar-refractivity contribution in [2.24, 2.45) is 0 Å². The fourth-order valence-electron chi connectivity index (χ4n) is 1.56. The van der Waals surface area contributed by atoms with Gasteiger partial charge in [-0.2, -0.15) is 0 Å². The molecule has 3 heteroatoms. The fourth-order valence-corrected chi connectivity index (χ4v) is 2.46. The minimum absolute atomic E-state index is 0.898. The predicted molar refractivity (Wildman–Crippen MR) is 70.0 cm³/mol. The maximum absolute atomic E-state index is 4.08. The monoisotopic (exact) mass is 232 g/mol. The first-order chi connectivity index (χ1) is 7.79. The maximum Gasteiger partial charge on any atom is 0.0494 e. The van der Waals surface area contributed by atoms with Crippen molar-refractivity contribution in [3.05, 3.63) is 45.9 Å². The van der Waals surface area contributed by atoms with E-state index in [0.717, 1.165) is 13.0 Å². The number of hydrogen-bond donors (Lipinski definition) is 1. The molecule has 0 saturated carbocycles. The largest absolute Gasteiger partial charge is 0.380 e. The molecule has 2 rings (SSSR count). The van der Waals surface area contributed by atoms with Crippen LogP contribution < -0.4 is 5.32 Å². The van der Waals surface area contributed by atoms with Crippen molar-refractivity contribution in [3.8, 4) is 0 Å². The summed E-state index contributed by atoms with van der Waals surface area (Å²) in [5.41, 5.74) is 2.36. The van der Waals surface area contributed by atoms with E-state index >= 15 is 0 Å². The van der Waals surface area contributed by atoms with E-state index in [1.54, 1.807) is 0 Å². The lowest BCUT2D eigenvalue weighted by Crippen LogP contribution is -1.99. The van der Waals surface area contributed by atoms with Crippen molar-refractivity contribution in [2.45, 2.75) is 26.8 Å². The first kappa shape index (κ1) is 11.1. The molecule has 2 nitrogen and oxygen atoms in total. The molecule has 0 aliphatic rings. The minimum Gasteiger partial charge on any atom is -0.380 e. The molecule has 0 unspecified atom stereocenters. The summed E-state index contributed by atoms with van der Waals surface area (Å²) in [6.07, 6.45) is 4.83. The van der Waals surface area contributed by atoms with Gasteiger partial charge in [-0.25, -0.2) is 0 Å². The Labute approximate surface area is 100 Å². The Balaban J connectivity index is 1.99. The van der Waals surface area contributed by atoms with Crippen molar-refractivity contribution in [1.29, 1.82) is 0 Å². The lowest BCUT2D eigenvalue weighted by molar-refractivity contribution is 1.16. The highest BCUT2D eigenvalue weighted by Gasteiger charge is 2.00. The maximum atomic E-state index is 4.08. The van der Waals surface area contributed by atoms with Gasteiger partial charge in [-0.1, -0.05) is 6.92 Å². The van der Waals surface area contributed by atoms with Crippen molar-refractivity contribution in [2.75, 3.05) is 5.32 Å². The number of pyridine rings is 1. The Morgan fingerprint density at radius 3 is 2.75 bits per heavy atom. The van der Waals surface area contributed by atoms with Crippen LogP contribution in [0.2, 0.25) is 0 Å². The lowest BCUT2D eigenvalue weighted by atomic mass is 10.2. The van der Waals surface area contributed by atoms with E-state index in [9.17, 15) is 0 Å². The topological polar surface area (TPSA) is 24.9 Å². The van der Waals surface area contributed by atoms with Gasteiger partial charge in [-0.3, -0.25) is 4.98 Å². The summed E-state index contributed by atoms with van der Waals surface area (Å²) in [5, 5.41) is 3.44. The molecule has 0 aliphatic heterocycles. The summed E-state index contributed by atoms with van der Waals surface area (Å²) >= 11 is 1.88. The molecule has 0 bridgehead atoms. The van der Waals surface area contributed by atoms with Gasteiger partial charge in [-0.05, 0) is 37.1 Å². The van der Waals surface area contributed by atoms with Gasteiger partial charge < -0.3 is 5.32 Å². The van der Waals surface area contributed by atoms with Crippen LogP contribution >= 0.6 is 11.3 Å². The number of nitrogens with one attached hydrogen (secondary N) is 1. The van der Waals surface area contributed by atoms with Crippen molar-refractivity contribution < 1.29 is 0 Å². The average molecular weight is 232 g/mol. The number of hydrogen-bond acceptors (Lipinski definition) is 3. The van der Waals surface area contributed by atoms with E-state index in [4.69, 9.17) is 0 Å². The molecule has 0 aromatic carbocycles. The van der Waals surface area contributed by atoms with Crippen LogP contribution in [-0.2, 0) is 13.0 Å². The summed E-state index contributed by atoms with van der Waals surface area (Å²) in [5.74, 6) is 0. The van der Waals surface area contributed by atoms with Gasteiger partial charge in [0.25, 0.3) is 0 Å². The summed E-state index contributed by atoms with van der Waals surface area (Å²) in [6, 6.07) is 6.43. The second-order valence-corrected chi connectivity index (χ2v) is 5.02. The van der Waals surface area contributed by atoms with Crippen LogP contribution in [-0.4, -0.2) is 4.98 Å². The molecule has 0 spiro atoms. The molecule has 2 aromatic heterocycles. The summed E-state index contributed by atoms with van der Waals surface area (Å²) in [6.45, 7) is 5.16. The number of anilines is 1. The highest BCUT2D eigenvalue weighted by Crippen LogP contribution is 2.19. The quantitative estimate of drug-likeness (QED) is 0.870. The van der Waals surface area contributed by atoms with Crippen LogP contribution in [0.15, 0.2) is 30.6 Å². The van der Waals surface area contributed by atoms with Gasteiger partial charge in [-0.15, -0.1) is 11.3 Å². The molecule has 0 atom stereocenters. The molecule has 0 radical (unpaired) electrons. The predicted octanol–water partition coefficient (Wildman–Crippen LogP) is 3.63. The molecule has 0 fully saturated rings. The summed E-state index contributed by atoms with van der Waals surface area (Å²) in [7, 11) is 0. The molecule has 0 aliphatic carbocycles. The minimum atomic E-state index is 0.898. The lowest BCUT2D eigenvalue weighted by Gasteiger charge is -2.07. The van der Waals surface area contributed by atoms with Gasteiger partial charge in [0, 0.05) is 34.4 Å². The molecule has 1 N–H and O–H groups in total. The Hall–Kier alpha value is -1.35. The molecule has 84 valence electrons. The Morgan fingerprint density at radius 2 is 2.06 bits per heavy atom. The molecule has 2 heterocycles. The number of aryl methyl sites for hydroxylation is 2. The van der Waals surface area contributed by atoms with Crippen molar-refractivity contribution in [3.63, 3.8) is 0 Å². The average Bonchev–Trinajstić information content (AvgIpc) is 2.76. The number of aromatic nitrogens is 1. The van der Waals surface area contributed by atoms with Gasteiger partial charge in [0.15, 0.2) is 0 Å². The SMILES string of the molecule is CCc1ccc(CNc2ccncc2C)s1. The third-order valence-electron chi connectivity index (χ3n) is 2.54. The third-order valence-corrected chi connectivity index (χ3v) is 3.77. The van der Waals surface area contributed by atoms with E-state index < -0.39 is 0 Å². The van der Waals surface area contributed by atoms with Gasteiger partial charge in [0.2, 0.25) is 0 Å². The molecule has 0 amide bonds. The molecule has 16 heavy (non-hydrogen) atoms. The molecule has 0 saturated heterocycles. The normalized spacial score (nSPS) is 10.4. The van der Waals surface area contributed by atoms with E-state index in [-0.39, 0.29) is 0 Å². The van der Waals surface area contributed by atoms with Crippen molar-refractivity contribution >= 4 is 17.0 Å². The first-order valence-electron chi connectivity index (χ1n) is 5.51. The van der Waals surface area contributed by atoms with E-state index in [0.29, 0.717) is 0 Å². The van der Waals surface area contributed by atoms with Crippen LogP contribution in [0.5, 0.6) is 0 Å². The smallest absolute Gasteiger partial charge is 0.0494 e. The third kappa shape index (κ3) is 2.61. The number of rotatable bonds is 4. The van der Waals surface area contributed by atoms with Crippen LogP contribution in [0.1, 0.15) is 22.2 Å². The molecular weight excluding hydrogens is 216 g/mol. The summed E-state index contributed by atoms with van der Waals surface area (Å²) in [4.78, 5) is 6.91. The van der Waals surface area contributed by atoms with Gasteiger partial charge in [0.1, 0.15) is 0 Å². The van der Waals surface area contributed by atoms with Crippen LogP contribution in [0.3, 0.4) is 0 Å². The van der Waals surface area contributed by atoms with Gasteiger partial charge >= 0.3 is 0 Å². The number of thiophene rings is 1. The van der Waals surface area contributed by atoms with E-state index in [1.807, 2.05) is 29.8 Å². The number of nitrogens with zero attached hydrogens (tertiary/aromatic N) is 1. The fraction of sp³-hybridized carbons (Fsp3) is 0.308. The molecule has 2 aromatic rings. The van der Waals surface area contributed by atoms with Crippen LogP contribution in [0.25, 0.3) is 0 Å². The Bertz CT molecular complexity index is 462. The Morgan fingerprint density at radius 1 is 1.25 bits per heavy atom. The van der Waals surface area contributed by atoms with Crippen LogP contribution in [0, 0.1) is 6.92 Å². The second kappa shape index (κ2) is 5.12. The van der Waals surface area contributed by atoms with Crippen LogP contribution in [0.4, 0.5) is 5.69 Å². The highest BCUT2D eigenvalue weighted by molar-refractivity contribution is 7.12. The zero-order valence-electron chi connectivity index (χ0n) is 9.66. The van der Waals surface area contributed by atoms with E-state index in [2.05, 4.69) is 36.3 Å². The standard InChI is InChI=1S/C13H16N2S/c1-3-11-4-5-12(16-11)9-15-13-6-7-14-8-10(13)2/h4-8H,3,9H2,1-2H3,(H,14,15). The zero-order valence-corrected chi connectivity index (χ0v) is 10.5. The van der Waals surface area contributed by atoms with Gasteiger partial charge in [0.05, 0.1) is 0 Å². The summed E-state index contributed by atoms with van der Waals surface area (Å²) < 4.78 is 0. The van der Waals surface area contributed by atoms with E-state index in [1.165, 1.54) is 21.0 Å². The zero-order chi connectivity index (χ0) is 11.4.